The maximum absolute atomic E-state index is 11.1. The van der Waals surface area contributed by atoms with Crippen LogP contribution in [0, 0.1) is 6.92 Å². The number of hydrogen-bond donors (Lipinski definition) is 3. The van der Waals surface area contributed by atoms with Crippen LogP contribution in [0.25, 0.3) is 0 Å². The number of hydrogen-bond acceptors (Lipinski definition) is 6. The first kappa shape index (κ1) is 15.2. The average Bonchev–Trinajstić information content (AvgIpc) is 2.35. The second-order valence-corrected chi connectivity index (χ2v) is 3.93. The van der Waals surface area contributed by atoms with E-state index < -0.39 is 0 Å². The number of aromatic nitrogens is 2. The van der Waals surface area contributed by atoms with Gasteiger partial charge in [-0.2, -0.15) is 0 Å². The van der Waals surface area contributed by atoms with Gasteiger partial charge in [0.25, 0.3) is 0 Å². The van der Waals surface area contributed by atoms with Gasteiger partial charge in [-0.1, -0.05) is 0 Å². The van der Waals surface area contributed by atoms with Crippen LogP contribution >= 0.6 is 0 Å². The fourth-order valence-corrected chi connectivity index (χ4v) is 1.50. The molecule has 1 heterocycles. The van der Waals surface area contributed by atoms with Crippen LogP contribution in [0.15, 0.2) is 6.07 Å². The molecule has 0 aliphatic rings. The Labute approximate surface area is 113 Å². The molecule has 0 saturated heterocycles. The topological polar surface area (TPSA) is 88.2 Å². The molecule has 0 aliphatic carbocycles. The lowest BCUT2D eigenvalue weighted by Crippen LogP contribution is -2.31. The Balaban J connectivity index is 2.38. The lowest BCUT2D eigenvalue weighted by Gasteiger charge is -2.09. The van der Waals surface area contributed by atoms with Crippen LogP contribution in [0.4, 0.5) is 11.6 Å². The van der Waals surface area contributed by atoms with E-state index in [-0.39, 0.29) is 12.5 Å². The van der Waals surface area contributed by atoms with E-state index in [1.807, 2.05) is 19.9 Å². The minimum Gasteiger partial charge on any atom is -0.375 e. The molecule has 0 bridgehead atoms. The van der Waals surface area contributed by atoms with E-state index in [0.717, 1.165) is 18.2 Å². The zero-order chi connectivity index (χ0) is 14.1. The summed E-state index contributed by atoms with van der Waals surface area (Å²) in [5, 5.41) is 8.99. The van der Waals surface area contributed by atoms with Crippen LogP contribution in [0.5, 0.6) is 0 Å². The van der Waals surface area contributed by atoms with Crippen LogP contribution in [0.1, 0.15) is 12.7 Å². The molecular weight excluding hydrogens is 246 g/mol. The highest BCUT2D eigenvalue weighted by Crippen LogP contribution is 2.10. The summed E-state index contributed by atoms with van der Waals surface area (Å²) in [6.45, 7) is 5.85. The van der Waals surface area contributed by atoms with Crippen LogP contribution in [0.3, 0.4) is 0 Å². The van der Waals surface area contributed by atoms with Gasteiger partial charge in [0.15, 0.2) is 0 Å². The fraction of sp³-hybridized carbons (Fsp3) is 0.583. The van der Waals surface area contributed by atoms with Crippen molar-refractivity contribution in [3.63, 3.8) is 0 Å². The molecule has 0 unspecified atom stereocenters. The van der Waals surface area contributed by atoms with E-state index in [0.29, 0.717) is 18.9 Å². The van der Waals surface area contributed by atoms with Gasteiger partial charge >= 0.3 is 0 Å². The summed E-state index contributed by atoms with van der Waals surface area (Å²) >= 11 is 0. The number of methoxy groups -OCH3 is 1. The van der Waals surface area contributed by atoms with E-state index in [1.54, 1.807) is 0 Å². The van der Waals surface area contributed by atoms with Gasteiger partial charge in [-0.25, -0.2) is 9.97 Å². The summed E-state index contributed by atoms with van der Waals surface area (Å²) in [4.78, 5) is 19.7. The summed E-state index contributed by atoms with van der Waals surface area (Å²) in [5.74, 6) is 2.10. The molecule has 1 aromatic heterocycles. The molecule has 1 aromatic rings. The smallest absolute Gasteiger partial charge is 0.246 e. The normalized spacial score (nSPS) is 10.1. The summed E-state index contributed by atoms with van der Waals surface area (Å²) in [5.41, 5.74) is 0. The number of nitrogens with zero attached hydrogens (tertiary/aromatic N) is 2. The Kier molecular flexibility index (Phi) is 6.59. The van der Waals surface area contributed by atoms with Gasteiger partial charge in [-0.3, -0.25) is 4.79 Å². The van der Waals surface area contributed by atoms with Crippen molar-refractivity contribution in [1.82, 2.24) is 15.3 Å². The molecular formula is C12H21N5O2. The lowest BCUT2D eigenvalue weighted by atomic mass is 10.4. The fourth-order valence-electron chi connectivity index (χ4n) is 1.50. The van der Waals surface area contributed by atoms with Crippen LogP contribution < -0.4 is 16.0 Å². The largest absolute Gasteiger partial charge is 0.375 e. The highest BCUT2D eigenvalue weighted by Gasteiger charge is 2.01. The van der Waals surface area contributed by atoms with E-state index in [2.05, 4.69) is 25.9 Å². The molecule has 0 atom stereocenters. The van der Waals surface area contributed by atoms with Gasteiger partial charge < -0.3 is 20.7 Å². The maximum Gasteiger partial charge on any atom is 0.246 e. The van der Waals surface area contributed by atoms with Crippen molar-refractivity contribution in [2.24, 2.45) is 0 Å². The molecule has 0 spiro atoms. The average molecular weight is 267 g/mol. The minimum atomic E-state index is -0.128. The Morgan fingerprint density at radius 3 is 2.58 bits per heavy atom. The van der Waals surface area contributed by atoms with E-state index in [9.17, 15) is 4.79 Å². The van der Waals surface area contributed by atoms with Crippen LogP contribution in [-0.2, 0) is 9.53 Å². The number of rotatable bonds is 8. The standard InChI is InChI=1S/C12H21N5O2/c1-4-13-10-7-11(17-9(2)16-10)14-5-6-15-12(18)8-19-3/h7H,4-6,8H2,1-3H3,(H,15,18)(H2,13,14,16,17). The predicted octanol–water partition coefficient (Wildman–Crippen LogP) is 0.391. The first-order valence-electron chi connectivity index (χ1n) is 6.24. The first-order valence-corrected chi connectivity index (χ1v) is 6.24. The van der Waals surface area contributed by atoms with E-state index >= 15 is 0 Å². The van der Waals surface area contributed by atoms with Gasteiger partial charge in [-0.15, -0.1) is 0 Å². The molecule has 1 rings (SSSR count). The Morgan fingerprint density at radius 1 is 1.26 bits per heavy atom. The second-order valence-electron chi connectivity index (χ2n) is 3.93. The number of anilines is 2. The van der Waals surface area contributed by atoms with Crippen molar-refractivity contribution in [1.29, 1.82) is 0 Å². The van der Waals surface area contributed by atoms with Crippen molar-refractivity contribution >= 4 is 17.5 Å². The minimum absolute atomic E-state index is 0.0805. The first-order chi connectivity index (χ1) is 9.15. The highest BCUT2D eigenvalue weighted by atomic mass is 16.5. The number of nitrogens with one attached hydrogen (secondary N) is 3. The van der Waals surface area contributed by atoms with Crippen LogP contribution in [0.2, 0.25) is 0 Å². The van der Waals surface area contributed by atoms with Gasteiger partial charge in [-0.05, 0) is 13.8 Å². The molecule has 0 aliphatic heterocycles. The van der Waals surface area contributed by atoms with Gasteiger partial charge in [0.2, 0.25) is 5.91 Å². The van der Waals surface area contributed by atoms with Gasteiger partial charge in [0, 0.05) is 32.8 Å². The lowest BCUT2D eigenvalue weighted by molar-refractivity contribution is -0.124. The number of carbonyl (C=O) groups is 1. The van der Waals surface area contributed by atoms with Crippen molar-refractivity contribution < 1.29 is 9.53 Å². The third-order valence-corrected chi connectivity index (χ3v) is 2.22. The van der Waals surface area contributed by atoms with E-state index in [4.69, 9.17) is 4.74 Å². The molecule has 7 heteroatoms. The molecule has 0 saturated carbocycles. The molecule has 0 fully saturated rings. The zero-order valence-corrected chi connectivity index (χ0v) is 11.6. The number of ether oxygens (including phenoxy) is 1. The van der Waals surface area contributed by atoms with Crippen LogP contribution in [-0.4, -0.2) is 49.2 Å². The van der Waals surface area contributed by atoms with Crippen molar-refractivity contribution in [3.05, 3.63) is 11.9 Å². The number of carbonyl (C=O) groups excluding carboxylic acids is 1. The second kappa shape index (κ2) is 8.25. The molecule has 106 valence electrons. The number of amides is 1. The molecule has 0 radical (unpaired) electrons. The monoisotopic (exact) mass is 267 g/mol. The molecule has 1 amide bonds. The third kappa shape index (κ3) is 6.01. The summed E-state index contributed by atoms with van der Waals surface area (Å²) < 4.78 is 4.72. The summed E-state index contributed by atoms with van der Waals surface area (Å²) in [6, 6.07) is 1.84. The SMILES string of the molecule is CCNc1cc(NCCNC(=O)COC)nc(C)n1. The van der Waals surface area contributed by atoms with E-state index in [1.165, 1.54) is 7.11 Å². The molecule has 19 heavy (non-hydrogen) atoms. The summed E-state index contributed by atoms with van der Waals surface area (Å²) in [6.07, 6.45) is 0. The third-order valence-electron chi connectivity index (χ3n) is 2.22. The molecule has 0 aromatic carbocycles. The van der Waals surface area contributed by atoms with Gasteiger partial charge in [0.1, 0.15) is 24.1 Å². The molecule has 7 nitrogen and oxygen atoms in total. The highest BCUT2D eigenvalue weighted by molar-refractivity contribution is 5.77. The quantitative estimate of drug-likeness (QED) is 0.591. The number of aryl methyl sites for hydroxylation is 1. The zero-order valence-electron chi connectivity index (χ0n) is 11.6. The van der Waals surface area contributed by atoms with Gasteiger partial charge in [0.05, 0.1) is 0 Å². The van der Waals surface area contributed by atoms with Crippen molar-refractivity contribution in [2.45, 2.75) is 13.8 Å². The molecule has 3 N–H and O–H groups in total. The van der Waals surface area contributed by atoms with Crippen molar-refractivity contribution in [2.75, 3.05) is 44.0 Å². The summed E-state index contributed by atoms with van der Waals surface area (Å²) in [7, 11) is 1.49. The Bertz CT molecular complexity index is 411. The Hall–Kier alpha value is -1.89. The van der Waals surface area contributed by atoms with Crippen molar-refractivity contribution in [3.8, 4) is 0 Å². The predicted molar refractivity (Wildman–Crippen MR) is 74.3 cm³/mol. The maximum atomic E-state index is 11.1. The Morgan fingerprint density at radius 2 is 1.95 bits per heavy atom.